The van der Waals surface area contributed by atoms with Crippen LogP contribution in [0.25, 0.3) is 0 Å². The van der Waals surface area contributed by atoms with Crippen LogP contribution in [0.2, 0.25) is 0 Å². The van der Waals surface area contributed by atoms with Crippen LogP contribution >= 0.6 is 0 Å². The zero-order valence-electron chi connectivity index (χ0n) is 7.55. The summed E-state index contributed by atoms with van der Waals surface area (Å²) in [4.78, 5) is 13.5. The first kappa shape index (κ1) is 8.05. The smallest absolute Gasteiger partial charge is 0.224 e. The van der Waals surface area contributed by atoms with Crippen molar-refractivity contribution in [2.24, 2.45) is 0 Å². The van der Waals surface area contributed by atoms with Crippen LogP contribution in [0.4, 0.5) is 0 Å². The molecule has 0 bridgehead atoms. The summed E-state index contributed by atoms with van der Waals surface area (Å²) in [5.41, 5.74) is 0. The summed E-state index contributed by atoms with van der Waals surface area (Å²) < 4.78 is 0. The summed E-state index contributed by atoms with van der Waals surface area (Å²) in [5.74, 6) is 0.350. The topological polar surface area (TPSA) is 32.3 Å². The highest BCUT2D eigenvalue weighted by Gasteiger charge is 2.38. The van der Waals surface area contributed by atoms with Gasteiger partial charge in [0.25, 0.3) is 0 Å². The molecule has 2 aliphatic rings. The number of hydrogen-bond donors (Lipinski definition) is 1. The van der Waals surface area contributed by atoms with Crippen molar-refractivity contribution in [3.05, 3.63) is 0 Å². The highest BCUT2D eigenvalue weighted by atomic mass is 16.2. The second kappa shape index (κ2) is 3.05. The van der Waals surface area contributed by atoms with Gasteiger partial charge in [-0.25, -0.2) is 0 Å². The molecular weight excluding hydrogens is 152 g/mol. The van der Waals surface area contributed by atoms with Crippen LogP contribution < -0.4 is 5.32 Å². The number of carbonyl (C=O) groups is 1. The first-order valence-electron chi connectivity index (χ1n) is 4.84. The molecule has 1 saturated heterocycles. The van der Waals surface area contributed by atoms with Crippen molar-refractivity contribution in [2.75, 3.05) is 13.1 Å². The lowest BCUT2D eigenvalue weighted by atomic mass is 10.2. The van der Waals surface area contributed by atoms with Gasteiger partial charge < -0.3 is 10.2 Å². The summed E-state index contributed by atoms with van der Waals surface area (Å²) >= 11 is 0. The van der Waals surface area contributed by atoms with E-state index in [1.807, 2.05) is 4.90 Å². The lowest BCUT2D eigenvalue weighted by Crippen LogP contribution is -2.33. The molecule has 1 heterocycles. The second-order valence-electron chi connectivity index (χ2n) is 3.74. The van der Waals surface area contributed by atoms with Gasteiger partial charge in [0.1, 0.15) is 0 Å². The van der Waals surface area contributed by atoms with Gasteiger partial charge in [-0.2, -0.15) is 0 Å². The molecule has 1 aliphatic heterocycles. The van der Waals surface area contributed by atoms with Gasteiger partial charge in [-0.05, 0) is 19.4 Å². The van der Waals surface area contributed by atoms with E-state index in [2.05, 4.69) is 12.2 Å². The van der Waals surface area contributed by atoms with E-state index in [9.17, 15) is 4.79 Å². The van der Waals surface area contributed by atoms with Crippen molar-refractivity contribution < 1.29 is 4.79 Å². The van der Waals surface area contributed by atoms with Gasteiger partial charge in [-0.15, -0.1) is 0 Å². The summed E-state index contributed by atoms with van der Waals surface area (Å²) in [7, 11) is 0. The van der Waals surface area contributed by atoms with Crippen LogP contribution in [-0.4, -0.2) is 36.0 Å². The first-order valence-corrected chi connectivity index (χ1v) is 4.84. The van der Waals surface area contributed by atoms with Crippen LogP contribution in [-0.2, 0) is 4.79 Å². The molecule has 1 saturated carbocycles. The molecule has 3 heteroatoms. The van der Waals surface area contributed by atoms with E-state index in [1.165, 1.54) is 12.8 Å². The maximum atomic E-state index is 11.4. The summed E-state index contributed by atoms with van der Waals surface area (Å²) in [5, 5.41) is 3.32. The maximum Gasteiger partial charge on any atom is 0.224 e. The van der Waals surface area contributed by atoms with Gasteiger partial charge in [-0.1, -0.05) is 6.92 Å². The first-order chi connectivity index (χ1) is 5.81. The molecular formula is C9H16N2O. The molecule has 1 N–H and O–H groups in total. The van der Waals surface area contributed by atoms with Crippen LogP contribution in [0.15, 0.2) is 0 Å². The zero-order chi connectivity index (χ0) is 8.55. The normalized spacial score (nSPS) is 29.9. The Labute approximate surface area is 73.1 Å². The molecule has 68 valence electrons. The Hall–Kier alpha value is -0.570. The van der Waals surface area contributed by atoms with E-state index < -0.39 is 0 Å². The van der Waals surface area contributed by atoms with Crippen molar-refractivity contribution in [3.8, 4) is 0 Å². The molecule has 0 spiro atoms. The van der Waals surface area contributed by atoms with Crippen molar-refractivity contribution in [3.63, 3.8) is 0 Å². The fraction of sp³-hybridized carbons (Fsp3) is 0.889. The molecule has 2 rings (SSSR count). The van der Waals surface area contributed by atoms with Crippen molar-refractivity contribution >= 4 is 5.91 Å². The van der Waals surface area contributed by atoms with Gasteiger partial charge in [0, 0.05) is 25.0 Å². The van der Waals surface area contributed by atoms with Crippen molar-refractivity contribution in [1.29, 1.82) is 0 Å². The molecule has 12 heavy (non-hydrogen) atoms. The molecule has 0 aromatic rings. The van der Waals surface area contributed by atoms with Crippen LogP contribution in [0.5, 0.6) is 0 Å². The lowest BCUT2D eigenvalue weighted by Gasteiger charge is -2.15. The van der Waals surface area contributed by atoms with Gasteiger partial charge in [0.2, 0.25) is 5.91 Å². The van der Waals surface area contributed by atoms with Crippen LogP contribution in [0.1, 0.15) is 26.2 Å². The van der Waals surface area contributed by atoms with Crippen molar-refractivity contribution in [2.45, 2.75) is 38.3 Å². The number of nitrogens with one attached hydrogen (secondary N) is 1. The van der Waals surface area contributed by atoms with Gasteiger partial charge >= 0.3 is 0 Å². The van der Waals surface area contributed by atoms with Gasteiger partial charge in [0.15, 0.2) is 0 Å². The van der Waals surface area contributed by atoms with E-state index in [1.54, 1.807) is 0 Å². The fourth-order valence-corrected chi connectivity index (χ4v) is 1.90. The Bertz CT molecular complexity index is 189. The maximum absolute atomic E-state index is 11.4. The molecule has 2 fully saturated rings. The number of likely N-dealkylation sites (N-methyl/N-ethyl adjacent to an activating group) is 1. The minimum atomic E-state index is 0.350. The molecule has 0 aromatic carbocycles. The third-order valence-corrected chi connectivity index (χ3v) is 2.64. The largest absolute Gasteiger partial charge is 0.338 e. The Kier molecular flexibility index (Phi) is 2.05. The fourth-order valence-electron chi connectivity index (χ4n) is 1.90. The predicted molar refractivity (Wildman–Crippen MR) is 46.8 cm³/mol. The van der Waals surface area contributed by atoms with E-state index >= 15 is 0 Å². The van der Waals surface area contributed by atoms with E-state index in [0.717, 1.165) is 13.1 Å². The van der Waals surface area contributed by atoms with Gasteiger partial charge in [0.05, 0.1) is 0 Å². The van der Waals surface area contributed by atoms with Gasteiger partial charge in [-0.3, -0.25) is 4.79 Å². The summed E-state index contributed by atoms with van der Waals surface area (Å²) in [6, 6.07) is 1.02. The number of hydrogen-bond acceptors (Lipinski definition) is 2. The quantitative estimate of drug-likeness (QED) is 0.660. The Morgan fingerprint density at radius 1 is 1.58 bits per heavy atom. The highest BCUT2D eigenvalue weighted by molar-refractivity contribution is 5.79. The minimum absolute atomic E-state index is 0.350. The van der Waals surface area contributed by atoms with Crippen molar-refractivity contribution in [1.82, 2.24) is 10.2 Å². The number of carbonyl (C=O) groups excluding carboxylic acids is 1. The standard InChI is InChI=1S/C9H16N2O/c1-2-10-7-5-9(12)11(6-7)8-3-4-8/h7-8,10H,2-6H2,1H3. The molecule has 1 atom stereocenters. The van der Waals surface area contributed by atoms with Crippen LogP contribution in [0, 0.1) is 0 Å². The Balaban J connectivity index is 1.88. The molecule has 1 unspecified atom stereocenters. The molecule has 1 amide bonds. The zero-order valence-corrected chi connectivity index (χ0v) is 7.55. The summed E-state index contributed by atoms with van der Waals surface area (Å²) in [6.07, 6.45) is 3.17. The third kappa shape index (κ3) is 1.46. The Morgan fingerprint density at radius 2 is 2.33 bits per heavy atom. The lowest BCUT2D eigenvalue weighted by molar-refractivity contribution is -0.128. The predicted octanol–water partition coefficient (Wildman–Crippen LogP) is 0.359. The average molecular weight is 168 g/mol. The average Bonchev–Trinajstić information content (AvgIpc) is 2.79. The molecule has 0 radical (unpaired) electrons. The number of rotatable bonds is 3. The number of likely N-dealkylation sites (tertiary alicyclic amines) is 1. The third-order valence-electron chi connectivity index (χ3n) is 2.64. The SMILES string of the molecule is CCNC1CC(=O)N(C2CC2)C1. The molecule has 3 nitrogen and oxygen atoms in total. The molecule has 0 aromatic heterocycles. The van der Waals surface area contributed by atoms with E-state index in [4.69, 9.17) is 0 Å². The summed E-state index contributed by atoms with van der Waals surface area (Å²) in [6.45, 7) is 4.00. The Morgan fingerprint density at radius 3 is 2.92 bits per heavy atom. The molecule has 1 aliphatic carbocycles. The number of nitrogens with zero attached hydrogens (tertiary/aromatic N) is 1. The minimum Gasteiger partial charge on any atom is -0.338 e. The van der Waals surface area contributed by atoms with Crippen LogP contribution in [0.3, 0.4) is 0 Å². The second-order valence-corrected chi connectivity index (χ2v) is 3.74. The highest BCUT2D eigenvalue weighted by Crippen LogP contribution is 2.30. The van der Waals surface area contributed by atoms with E-state index in [0.29, 0.717) is 24.4 Å². The monoisotopic (exact) mass is 168 g/mol. The van der Waals surface area contributed by atoms with E-state index in [-0.39, 0.29) is 0 Å². The number of amides is 1.